The third kappa shape index (κ3) is 1.96. The number of nitrogens with one attached hydrogen (secondary N) is 1. The van der Waals surface area contributed by atoms with Crippen molar-refractivity contribution in [3.63, 3.8) is 0 Å². The number of hydrogen-bond acceptors (Lipinski definition) is 4. The number of amides is 1. The van der Waals surface area contributed by atoms with E-state index in [9.17, 15) is 4.79 Å². The van der Waals surface area contributed by atoms with Crippen molar-refractivity contribution < 1.29 is 4.79 Å². The maximum absolute atomic E-state index is 11.9. The van der Waals surface area contributed by atoms with Gasteiger partial charge in [0, 0.05) is 19.4 Å². The van der Waals surface area contributed by atoms with Crippen molar-refractivity contribution in [2.24, 2.45) is 7.05 Å². The summed E-state index contributed by atoms with van der Waals surface area (Å²) in [6.07, 6.45) is 3.42. The van der Waals surface area contributed by atoms with E-state index in [1.165, 1.54) is 11.3 Å². The summed E-state index contributed by atoms with van der Waals surface area (Å²) in [5.41, 5.74) is 0.759. The molecule has 84 valence electrons. The Kier molecular flexibility index (Phi) is 2.74. The van der Waals surface area contributed by atoms with E-state index in [-0.39, 0.29) is 5.91 Å². The maximum atomic E-state index is 11.9. The van der Waals surface area contributed by atoms with E-state index in [0.29, 0.717) is 10.8 Å². The number of nitrogens with zero attached hydrogens (tertiary/aromatic N) is 3. The Morgan fingerprint density at radius 2 is 2.25 bits per heavy atom. The van der Waals surface area contributed by atoms with Gasteiger partial charge in [-0.3, -0.25) is 10.1 Å². The number of carbonyl (C=O) groups excluding carboxylic acids is 1. The molecule has 0 aliphatic rings. The molecule has 16 heavy (non-hydrogen) atoms. The van der Waals surface area contributed by atoms with Gasteiger partial charge in [0.15, 0.2) is 0 Å². The third-order valence-electron chi connectivity index (χ3n) is 2.16. The predicted octanol–water partition coefficient (Wildman–Crippen LogP) is 1.75. The summed E-state index contributed by atoms with van der Waals surface area (Å²) < 4.78 is 1.75. The van der Waals surface area contributed by atoms with Gasteiger partial charge in [0.1, 0.15) is 4.88 Å². The van der Waals surface area contributed by atoms with Gasteiger partial charge in [-0.1, -0.05) is 0 Å². The van der Waals surface area contributed by atoms with Gasteiger partial charge in [-0.05, 0) is 13.8 Å². The lowest BCUT2D eigenvalue weighted by atomic mass is 10.4. The van der Waals surface area contributed by atoms with Crippen LogP contribution in [0.2, 0.25) is 0 Å². The molecular weight excluding hydrogens is 224 g/mol. The van der Waals surface area contributed by atoms with Gasteiger partial charge >= 0.3 is 0 Å². The first kappa shape index (κ1) is 10.8. The zero-order chi connectivity index (χ0) is 11.7. The summed E-state index contributed by atoms with van der Waals surface area (Å²) in [4.78, 5) is 20.8. The van der Waals surface area contributed by atoms with E-state index < -0.39 is 0 Å². The van der Waals surface area contributed by atoms with Crippen molar-refractivity contribution >= 4 is 23.2 Å². The van der Waals surface area contributed by atoms with Gasteiger partial charge < -0.3 is 4.57 Å². The zero-order valence-corrected chi connectivity index (χ0v) is 10.1. The molecule has 0 unspecified atom stereocenters. The Morgan fingerprint density at radius 3 is 2.75 bits per heavy atom. The van der Waals surface area contributed by atoms with E-state index in [0.717, 1.165) is 10.7 Å². The van der Waals surface area contributed by atoms with Crippen LogP contribution in [0.4, 0.5) is 5.95 Å². The highest BCUT2D eigenvalue weighted by molar-refractivity contribution is 7.13. The van der Waals surface area contributed by atoms with Crippen molar-refractivity contribution in [2.75, 3.05) is 5.32 Å². The van der Waals surface area contributed by atoms with Gasteiger partial charge in [-0.2, -0.15) is 0 Å². The molecule has 0 saturated heterocycles. The molecule has 0 bridgehead atoms. The van der Waals surface area contributed by atoms with Crippen LogP contribution in [0.25, 0.3) is 0 Å². The van der Waals surface area contributed by atoms with Crippen LogP contribution >= 0.6 is 11.3 Å². The molecule has 2 heterocycles. The molecule has 6 heteroatoms. The summed E-state index contributed by atoms with van der Waals surface area (Å²) in [5.74, 6) is 0.382. The SMILES string of the molecule is Cc1nc(C)c(C(=O)Nc2nccn2C)s1. The van der Waals surface area contributed by atoms with Crippen LogP contribution < -0.4 is 5.32 Å². The van der Waals surface area contributed by atoms with Crippen LogP contribution in [0.5, 0.6) is 0 Å². The van der Waals surface area contributed by atoms with E-state index in [2.05, 4.69) is 15.3 Å². The van der Waals surface area contributed by atoms with Gasteiger partial charge in [-0.25, -0.2) is 9.97 Å². The Hall–Kier alpha value is -1.69. The maximum Gasteiger partial charge on any atom is 0.269 e. The summed E-state index contributed by atoms with van der Waals surface area (Å²) in [5, 5.41) is 3.64. The first-order valence-electron chi connectivity index (χ1n) is 4.80. The summed E-state index contributed by atoms with van der Waals surface area (Å²) in [6, 6.07) is 0. The Morgan fingerprint density at radius 1 is 1.50 bits per heavy atom. The number of rotatable bonds is 2. The molecule has 0 saturated carbocycles. The quantitative estimate of drug-likeness (QED) is 0.864. The van der Waals surface area contributed by atoms with Crippen LogP contribution in [0.3, 0.4) is 0 Å². The van der Waals surface area contributed by atoms with Crippen molar-refractivity contribution in [2.45, 2.75) is 13.8 Å². The van der Waals surface area contributed by atoms with Crippen LogP contribution in [-0.4, -0.2) is 20.4 Å². The smallest absolute Gasteiger partial charge is 0.269 e. The fourth-order valence-electron chi connectivity index (χ4n) is 1.39. The highest BCUT2D eigenvalue weighted by Crippen LogP contribution is 2.18. The fraction of sp³-hybridized carbons (Fsp3) is 0.300. The molecule has 0 aliphatic heterocycles. The highest BCUT2D eigenvalue weighted by Gasteiger charge is 2.15. The van der Waals surface area contributed by atoms with Crippen molar-refractivity contribution in [3.8, 4) is 0 Å². The summed E-state index contributed by atoms with van der Waals surface area (Å²) >= 11 is 1.39. The third-order valence-corrected chi connectivity index (χ3v) is 3.23. The molecule has 0 radical (unpaired) electrons. The van der Waals surface area contributed by atoms with E-state index in [1.54, 1.807) is 17.0 Å². The number of carbonyl (C=O) groups is 1. The second-order valence-electron chi connectivity index (χ2n) is 3.46. The lowest BCUT2D eigenvalue weighted by Gasteiger charge is -2.02. The van der Waals surface area contributed by atoms with Crippen molar-refractivity contribution in [1.29, 1.82) is 0 Å². The Labute approximate surface area is 97.2 Å². The minimum Gasteiger partial charge on any atom is -0.320 e. The van der Waals surface area contributed by atoms with Crippen molar-refractivity contribution in [3.05, 3.63) is 28.0 Å². The molecule has 0 atom stereocenters. The zero-order valence-electron chi connectivity index (χ0n) is 9.31. The largest absolute Gasteiger partial charge is 0.320 e. The number of aromatic nitrogens is 3. The number of aryl methyl sites for hydroxylation is 3. The van der Waals surface area contributed by atoms with E-state index >= 15 is 0 Å². The molecule has 0 aromatic carbocycles. The topological polar surface area (TPSA) is 59.8 Å². The normalized spacial score (nSPS) is 10.4. The minimum atomic E-state index is -0.155. The summed E-state index contributed by atoms with van der Waals surface area (Å²) in [6.45, 7) is 3.71. The standard InChI is InChI=1S/C10H12N4OS/c1-6-8(16-7(2)12-6)9(15)13-10-11-4-5-14(10)3/h4-5H,1-3H3,(H,11,13,15). The van der Waals surface area contributed by atoms with Gasteiger partial charge in [-0.15, -0.1) is 11.3 Å². The summed E-state index contributed by atoms with van der Waals surface area (Å²) in [7, 11) is 1.83. The number of anilines is 1. The lowest BCUT2D eigenvalue weighted by molar-refractivity contribution is 0.102. The van der Waals surface area contributed by atoms with Gasteiger partial charge in [0.25, 0.3) is 5.91 Å². The fourth-order valence-corrected chi connectivity index (χ4v) is 2.20. The molecule has 1 N–H and O–H groups in total. The predicted molar refractivity (Wildman–Crippen MR) is 62.7 cm³/mol. The van der Waals surface area contributed by atoms with Gasteiger partial charge in [0.05, 0.1) is 10.7 Å². The monoisotopic (exact) mass is 236 g/mol. The van der Waals surface area contributed by atoms with Crippen molar-refractivity contribution in [1.82, 2.24) is 14.5 Å². The van der Waals surface area contributed by atoms with Crippen LogP contribution in [0.15, 0.2) is 12.4 Å². The average Bonchev–Trinajstić information content (AvgIpc) is 2.74. The van der Waals surface area contributed by atoms with Gasteiger partial charge in [0.2, 0.25) is 5.95 Å². The Bertz CT molecular complexity index is 529. The lowest BCUT2D eigenvalue weighted by Crippen LogP contribution is -2.14. The molecule has 2 rings (SSSR count). The van der Waals surface area contributed by atoms with Crippen LogP contribution in [0, 0.1) is 13.8 Å². The van der Waals surface area contributed by atoms with Crippen LogP contribution in [0.1, 0.15) is 20.4 Å². The molecule has 0 fully saturated rings. The molecule has 2 aromatic rings. The average molecular weight is 236 g/mol. The molecule has 5 nitrogen and oxygen atoms in total. The highest BCUT2D eigenvalue weighted by atomic mass is 32.1. The van der Waals surface area contributed by atoms with E-state index in [1.807, 2.05) is 20.9 Å². The minimum absolute atomic E-state index is 0.155. The first-order chi connectivity index (χ1) is 7.58. The van der Waals surface area contributed by atoms with E-state index in [4.69, 9.17) is 0 Å². The first-order valence-corrected chi connectivity index (χ1v) is 5.62. The molecular formula is C10H12N4OS. The Balaban J connectivity index is 2.21. The molecule has 2 aromatic heterocycles. The van der Waals surface area contributed by atoms with Crippen LogP contribution in [-0.2, 0) is 7.05 Å². The number of thiazole rings is 1. The molecule has 1 amide bonds. The second kappa shape index (κ2) is 4.05. The molecule has 0 aliphatic carbocycles. The number of hydrogen-bond donors (Lipinski definition) is 1. The second-order valence-corrected chi connectivity index (χ2v) is 4.67. The molecule has 0 spiro atoms. The number of imidazole rings is 1.